The third-order valence-electron chi connectivity index (χ3n) is 2.87. The highest BCUT2D eigenvalue weighted by Gasteiger charge is 2.35. The second-order valence-electron chi connectivity index (χ2n) is 4.36. The molecule has 4 heteroatoms. The fourth-order valence-corrected chi connectivity index (χ4v) is 1.59. The Labute approximate surface area is 91.2 Å². The Bertz CT molecular complexity index is 158. The van der Waals surface area contributed by atoms with E-state index < -0.39 is 5.41 Å². The van der Waals surface area contributed by atoms with Crippen molar-refractivity contribution in [3.05, 3.63) is 0 Å². The van der Waals surface area contributed by atoms with Crippen molar-refractivity contribution in [1.82, 2.24) is 0 Å². The van der Waals surface area contributed by atoms with Crippen LogP contribution in [0.5, 0.6) is 0 Å². The zero-order valence-electron chi connectivity index (χ0n) is 9.45. The first-order valence-electron chi connectivity index (χ1n) is 5.71. The Hall–Kier alpha value is -0.160. The van der Waals surface area contributed by atoms with E-state index in [1.165, 1.54) is 12.8 Å². The highest BCUT2D eigenvalue weighted by Crippen LogP contribution is 2.25. The maximum Gasteiger partial charge on any atom is 0.157 e. The minimum absolute atomic E-state index is 0.0921. The Balaban J connectivity index is 2.22. The maximum atomic E-state index is 9.12. The van der Waals surface area contributed by atoms with Crippen molar-refractivity contribution in [2.75, 3.05) is 26.4 Å². The topological polar surface area (TPSA) is 58.9 Å². The summed E-state index contributed by atoms with van der Waals surface area (Å²) in [5.41, 5.74) is -0.596. The highest BCUT2D eigenvalue weighted by molar-refractivity contribution is 4.80. The van der Waals surface area contributed by atoms with Gasteiger partial charge in [-0.1, -0.05) is 19.8 Å². The van der Waals surface area contributed by atoms with Gasteiger partial charge in [0.2, 0.25) is 0 Å². The predicted molar refractivity (Wildman–Crippen MR) is 56.4 cm³/mol. The van der Waals surface area contributed by atoms with Crippen molar-refractivity contribution >= 4 is 0 Å². The Morgan fingerprint density at radius 1 is 1.13 bits per heavy atom. The molecule has 1 aliphatic rings. The van der Waals surface area contributed by atoms with E-state index in [-0.39, 0.29) is 19.5 Å². The molecule has 1 rings (SSSR count). The van der Waals surface area contributed by atoms with Crippen molar-refractivity contribution in [3.8, 4) is 0 Å². The Morgan fingerprint density at radius 3 is 2.20 bits per heavy atom. The molecular weight excluding hydrogens is 196 g/mol. The molecule has 2 N–H and O–H groups in total. The second kappa shape index (κ2) is 6.43. The summed E-state index contributed by atoms with van der Waals surface area (Å²) >= 11 is 0. The van der Waals surface area contributed by atoms with E-state index in [0.717, 1.165) is 12.8 Å². The van der Waals surface area contributed by atoms with Gasteiger partial charge in [0.25, 0.3) is 0 Å². The fraction of sp³-hybridized carbons (Fsp3) is 1.00. The molecule has 0 aromatic heterocycles. The van der Waals surface area contributed by atoms with Crippen molar-refractivity contribution in [2.24, 2.45) is 5.41 Å². The van der Waals surface area contributed by atoms with Crippen LogP contribution in [0, 0.1) is 5.41 Å². The number of ether oxygens (including phenoxy) is 2. The maximum absolute atomic E-state index is 9.12. The van der Waals surface area contributed by atoms with Crippen LogP contribution in [0.15, 0.2) is 0 Å². The number of hydrogen-bond acceptors (Lipinski definition) is 4. The third-order valence-corrected chi connectivity index (χ3v) is 2.87. The highest BCUT2D eigenvalue weighted by atomic mass is 16.7. The van der Waals surface area contributed by atoms with Gasteiger partial charge in [-0.25, -0.2) is 0 Å². The van der Waals surface area contributed by atoms with Gasteiger partial charge in [0.15, 0.2) is 6.29 Å². The largest absolute Gasteiger partial charge is 0.396 e. The summed E-state index contributed by atoms with van der Waals surface area (Å²) < 4.78 is 11.0. The summed E-state index contributed by atoms with van der Waals surface area (Å²) in [5.74, 6) is 0. The molecule has 0 radical (unpaired) electrons. The van der Waals surface area contributed by atoms with Gasteiger partial charge >= 0.3 is 0 Å². The molecule has 1 fully saturated rings. The van der Waals surface area contributed by atoms with Gasteiger partial charge in [0, 0.05) is 0 Å². The molecule has 0 aliphatic carbocycles. The summed E-state index contributed by atoms with van der Waals surface area (Å²) in [7, 11) is 0. The number of unbranched alkanes of at least 4 members (excludes halogenated alkanes) is 2. The van der Waals surface area contributed by atoms with Crippen molar-refractivity contribution in [3.63, 3.8) is 0 Å². The van der Waals surface area contributed by atoms with Gasteiger partial charge in [0.1, 0.15) is 0 Å². The zero-order chi connectivity index (χ0) is 11.1. The van der Waals surface area contributed by atoms with Gasteiger partial charge in [-0.2, -0.15) is 0 Å². The first-order chi connectivity index (χ1) is 7.26. The number of aliphatic hydroxyl groups excluding tert-OH is 2. The molecule has 0 aromatic rings. The molecule has 0 saturated carbocycles. The molecule has 90 valence electrons. The van der Waals surface area contributed by atoms with E-state index in [2.05, 4.69) is 6.92 Å². The molecule has 15 heavy (non-hydrogen) atoms. The van der Waals surface area contributed by atoms with E-state index in [4.69, 9.17) is 19.7 Å². The first kappa shape index (κ1) is 12.9. The second-order valence-corrected chi connectivity index (χ2v) is 4.36. The SMILES string of the molecule is CCCCCC1OCC(CO)(CO)CO1. The van der Waals surface area contributed by atoms with E-state index in [1.807, 2.05) is 0 Å². The monoisotopic (exact) mass is 218 g/mol. The quantitative estimate of drug-likeness (QED) is 0.651. The van der Waals surface area contributed by atoms with Crippen molar-refractivity contribution < 1.29 is 19.7 Å². The molecular formula is C11H22O4. The summed E-state index contributed by atoms with van der Waals surface area (Å²) in [4.78, 5) is 0. The Morgan fingerprint density at radius 2 is 1.73 bits per heavy atom. The van der Waals surface area contributed by atoms with Crippen molar-refractivity contribution in [1.29, 1.82) is 0 Å². The molecule has 1 heterocycles. The molecule has 4 nitrogen and oxygen atoms in total. The van der Waals surface area contributed by atoms with E-state index in [9.17, 15) is 0 Å². The molecule has 0 aromatic carbocycles. The minimum atomic E-state index is -0.596. The van der Waals surface area contributed by atoms with Gasteiger partial charge in [-0.05, 0) is 12.8 Å². The lowest BCUT2D eigenvalue weighted by Gasteiger charge is -2.37. The van der Waals surface area contributed by atoms with Crippen LogP contribution in [0.2, 0.25) is 0 Å². The van der Waals surface area contributed by atoms with E-state index >= 15 is 0 Å². The average molecular weight is 218 g/mol. The lowest BCUT2D eigenvalue weighted by Crippen LogP contribution is -2.46. The fourth-order valence-electron chi connectivity index (χ4n) is 1.59. The minimum Gasteiger partial charge on any atom is -0.396 e. The zero-order valence-corrected chi connectivity index (χ0v) is 9.45. The van der Waals surface area contributed by atoms with E-state index in [0.29, 0.717) is 13.2 Å². The molecule has 0 bridgehead atoms. The third kappa shape index (κ3) is 3.72. The summed E-state index contributed by atoms with van der Waals surface area (Å²) in [6.07, 6.45) is 4.23. The summed E-state index contributed by atoms with van der Waals surface area (Å²) in [6.45, 7) is 2.75. The summed E-state index contributed by atoms with van der Waals surface area (Å²) in [5, 5.41) is 18.2. The smallest absolute Gasteiger partial charge is 0.157 e. The van der Waals surface area contributed by atoms with Crippen molar-refractivity contribution in [2.45, 2.75) is 38.9 Å². The summed E-state index contributed by atoms with van der Waals surface area (Å²) in [6, 6.07) is 0. The lowest BCUT2D eigenvalue weighted by molar-refractivity contribution is -0.245. The van der Waals surface area contributed by atoms with Crippen LogP contribution in [0.1, 0.15) is 32.6 Å². The number of hydrogen-bond donors (Lipinski definition) is 2. The van der Waals surface area contributed by atoms with Crippen LogP contribution in [-0.2, 0) is 9.47 Å². The van der Waals surface area contributed by atoms with Gasteiger partial charge < -0.3 is 19.7 Å². The van der Waals surface area contributed by atoms with Crippen LogP contribution >= 0.6 is 0 Å². The van der Waals surface area contributed by atoms with E-state index in [1.54, 1.807) is 0 Å². The van der Waals surface area contributed by atoms with Crippen LogP contribution in [-0.4, -0.2) is 42.9 Å². The first-order valence-corrected chi connectivity index (χ1v) is 5.71. The van der Waals surface area contributed by atoms with Gasteiger partial charge in [-0.15, -0.1) is 0 Å². The molecule has 1 saturated heterocycles. The Kier molecular flexibility index (Phi) is 5.53. The van der Waals surface area contributed by atoms with Crippen LogP contribution in [0.25, 0.3) is 0 Å². The van der Waals surface area contributed by atoms with Crippen LogP contribution in [0.4, 0.5) is 0 Å². The van der Waals surface area contributed by atoms with Crippen LogP contribution in [0.3, 0.4) is 0 Å². The van der Waals surface area contributed by atoms with Crippen LogP contribution < -0.4 is 0 Å². The average Bonchev–Trinajstić information content (AvgIpc) is 2.31. The van der Waals surface area contributed by atoms with Gasteiger partial charge in [-0.3, -0.25) is 0 Å². The van der Waals surface area contributed by atoms with Gasteiger partial charge in [0.05, 0.1) is 31.8 Å². The normalized spacial score (nSPS) is 21.8. The number of rotatable bonds is 6. The molecule has 1 aliphatic heterocycles. The molecule has 0 unspecified atom stereocenters. The number of aliphatic hydroxyl groups is 2. The standard InChI is InChI=1S/C11H22O4/c1-2-3-4-5-10-14-8-11(6-12,7-13)9-15-10/h10,12-13H,2-9H2,1H3. The molecule has 0 spiro atoms. The predicted octanol–water partition coefficient (Wildman–Crippen LogP) is 0.911. The molecule has 0 amide bonds. The lowest BCUT2D eigenvalue weighted by atomic mass is 9.92. The molecule has 0 atom stereocenters.